The molecule has 1 aromatic rings. The Bertz CT molecular complexity index is 437. The Kier molecular flexibility index (Phi) is 3.79. The molecule has 0 radical (unpaired) electrons. The Balaban J connectivity index is 1.53. The van der Waals surface area contributed by atoms with Crippen molar-refractivity contribution in [2.75, 3.05) is 5.88 Å². The number of rotatable bonds is 5. The van der Waals surface area contributed by atoms with E-state index >= 15 is 0 Å². The predicted molar refractivity (Wildman–Crippen MR) is 77.1 cm³/mol. The highest BCUT2D eigenvalue weighted by molar-refractivity contribution is 6.18. The average Bonchev–Trinajstić information content (AvgIpc) is 3.05. The van der Waals surface area contributed by atoms with Crippen molar-refractivity contribution >= 4 is 17.5 Å². The van der Waals surface area contributed by atoms with Gasteiger partial charge in [-0.25, -0.2) is 0 Å². The molecule has 1 aromatic carbocycles. The van der Waals surface area contributed by atoms with E-state index in [1.165, 1.54) is 12.0 Å². The van der Waals surface area contributed by atoms with E-state index in [1.54, 1.807) is 0 Å². The lowest BCUT2D eigenvalue weighted by atomic mass is 10.0. The Morgan fingerprint density at radius 1 is 1.21 bits per heavy atom. The molecule has 0 saturated heterocycles. The summed E-state index contributed by atoms with van der Waals surface area (Å²) in [6.45, 7) is 0. The van der Waals surface area contributed by atoms with E-state index in [4.69, 9.17) is 11.6 Å². The fourth-order valence-electron chi connectivity index (χ4n) is 3.29. The van der Waals surface area contributed by atoms with Gasteiger partial charge >= 0.3 is 0 Å². The predicted octanol–water partition coefficient (Wildman–Crippen LogP) is 3.00. The van der Waals surface area contributed by atoms with Gasteiger partial charge in [-0.1, -0.05) is 30.3 Å². The molecular formula is C16H20ClNO. The zero-order valence-electron chi connectivity index (χ0n) is 11.0. The number of carbonyl (C=O) groups is 1. The third kappa shape index (κ3) is 3.11. The molecule has 1 amide bonds. The molecule has 2 nitrogen and oxygen atoms in total. The summed E-state index contributed by atoms with van der Waals surface area (Å²) in [5.74, 6) is 2.62. The average molecular weight is 278 g/mol. The first-order chi connectivity index (χ1) is 9.26. The van der Waals surface area contributed by atoms with Gasteiger partial charge in [-0.05, 0) is 43.1 Å². The number of fused-ring (bicyclic) bond motifs is 1. The van der Waals surface area contributed by atoms with Crippen LogP contribution in [0.2, 0.25) is 0 Å². The first-order valence-corrected chi connectivity index (χ1v) is 7.70. The molecule has 0 spiro atoms. The molecule has 0 heterocycles. The zero-order chi connectivity index (χ0) is 13.2. The minimum Gasteiger partial charge on any atom is -0.352 e. The molecular weight excluding hydrogens is 258 g/mol. The van der Waals surface area contributed by atoms with Gasteiger partial charge in [0.25, 0.3) is 0 Å². The Labute approximate surface area is 119 Å². The van der Waals surface area contributed by atoms with Gasteiger partial charge in [-0.2, -0.15) is 0 Å². The van der Waals surface area contributed by atoms with E-state index in [1.807, 2.05) is 18.2 Å². The van der Waals surface area contributed by atoms with Crippen LogP contribution in [0.4, 0.5) is 0 Å². The minimum atomic E-state index is 0.0495. The molecule has 102 valence electrons. The van der Waals surface area contributed by atoms with Crippen LogP contribution in [-0.2, 0) is 11.2 Å². The van der Waals surface area contributed by atoms with Gasteiger partial charge < -0.3 is 5.32 Å². The number of benzene rings is 1. The molecule has 3 rings (SSSR count). The molecule has 1 N–H and O–H groups in total. The first kappa shape index (κ1) is 13.0. The standard InChI is InChI=1S/C16H20ClNO/c17-10-15(6-11-4-2-1-3-5-11)18-16(19)14-8-12-7-13(12)9-14/h1-5,12-15H,6-10H2,(H,18,19). The van der Waals surface area contributed by atoms with Crippen LogP contribution < -0.4 is 5.32 Å². The van der Waals surface area contributed by atoms with Crippen molar-refractivity contribution in [3.8, 4) is 0 Å². The second kappa shape index (κ2) is 5.54. The normalized spacial score (nSPS) is 29.6. The van der Waals surface area contributed by atoms with E-state index in [9.17, 15) is 4.79 Å². The SMILES string of the molecule is O=C(NC(CCl)Cc1ccccc1)C1CC2CC2C1. The highest BCUT2D eigenvalue weighted by atomic mass is 35.5. The van der Waals surface area contributed by atoms with Crippen LogP contribution in [0.3, 0.4) is 0 Å². The van der Waals surface area contributed by atoms with Crippen LogP contribution in [0.5, 0.6) is 0 Å². The van der Waals surface area contributed by atoms with Gasteiger partial charge in [-0.15, -0.1) is 11.6 Å². The van der Waals surface area contributed by atoms with E-state index in [2.05, 4.69) is 17.4 Å². The molecule has 0 aliphatic heterocycles. The van der Waals surface area contributed by atoms with Crippen molar-refractivity contribution in [2.45, 2.75) is 31.7 Å². The summed E-state index contributed by atoms with van der Waals surface area (Å²) in [5, 5.41) is 3.13. The van der Waals surface area contributed by atoms with Crippen molar-refractivity contribution in [1.29, 1.82) is 0 Å². The van der Waals surface area contributed by atoms with Gasteiger partial charge in [-0.3, -0.25) is 4.79 Å². The van der Waals surface area contributed by atoms with Crippen LogP contribution in [0, 0.1) is 17.8 Å². The number of carbonyl (C=O) groups excluding carboxylic acids is 1. The van der Waals surface area contributed by atoms with Crippen molar-refractivity contribution in [3.05, 3.63) is 35.9 Å². The molecule has 3 atom stereocenters. The minimum absolute atomic E-state index is 0.0495. The molecule has 19 heavy (non-hydrogen) atoms. The summed E-state index contributed by atoms with van der Waals surface area (Å²) in [6, 6.07) is 10.3. The first-order valence-electron chi connectivity index (χ1n) is 7.16. The number of hydrogen-bond donors (Lipinski definition) is 1. The molecule has 2 fully saturated rings. The lowest BCUT2D eigenvalue weighted by Gasteiger charge is -2.19. The fraction of sp³-hybridized carbons (Fsp3) is 0.562. The van der Waals surface area contributed by atoms with Gasteiger partial charge in [0.2, 0.25) is 5.91 Å². The Morgan fingerprint density at radius 2 is 1.89 bits per heavy atom. The lowest BCUT2D eigenvalue weighted by Crippen LogP contribution is -2.41. The second-order valence-electron chi connectivity index (χ2n) is 5.97. The van der Waals surface area contributed by atoms with Crippen LogP contribution in [-0.4, -0.2) is 17.8 Å². The van der Waals surface area contributed by atoms with Crippen LogP contribution in [0.1, 0.15) is 24.8 Å². The van der Waals surface area contributed by atoms with Crippen LogP contribution in [0.15, 0.2) is 30.3 Å². The zero-order valence-corrected chi connectivity index (χ0v) is 11.8. The molecule has 2 aliphatic carbocycles. The number of amides is 1. The van der Waals surface area contributed by atoms with Gasteiger partial charge in [0, 0.05) is 17.8 Å². The number of hydrogen-bond acceptors (Lipinski definition) is 1. The third-order valence-corrected chi connectivity index (χ3v) is 4.84. The van der Waals surface area contributed by atoms with Crippen LogP contribution >= 0.6 is 11.6 Å². The smallest absolute Gasteiger partial charge is 0.223 e. The maximum absolute atomic E-state index is 12.2. The summed E-state index contributed by atoms with van der Waals surface area (Å²) >= 11 is 5.99. The molecule has 2 aliphatic rings. The van der Waals surface area contributed by atoms with Crippen LogP contribution in [0.25, 0.3) is 0 Å². The number of alkyl halides is 1. The summed E-state index contributed by atoms with van der Waals surface area (Å²) < 4.78 is 0. The largest absolute Gasteiger partial charge is 0.352 e. The molecule has 0 aromatic heterocycles. The van der Waals surface area contributed by atoms with E-state index in [0.717, 1.165) is 31.1 Å². The Morgan fingerprint density at radius 3 is 2.53 bits per heavy atom. The second-order valence-corrected chi connectivity index (χ2v) is 6.28. The lowest BCUT2D eigenvalue weighted by molar-refractivity contribution is -0.125. The third-order valence-electron chi connectivity index (χ3n) is 4.47. The van der Waals surface area contributed by atoms with Crippen molar-refractivity contribution < 1.29 is 4.79 Å². The molecule has 2 saturated carbocycles. The maximum Gasteiger partial charge on any atom is 0.223 e. The highest BCUT2D eigenvalue weighted by Crippen LogP contribution is 2.54. The number of nitrogens with one attached hydrogen (secondary N) is 1. The van der Waals surface area contributed by atoms with Crippen molar-refractivity contribution in [3.63, 3.8) is 0 Å². The van der Waals surface area contributed by atoms with Crippen molar-refractivity contribution in [2.24, 2.45) is 17.8 Å². The maximum atomic E-state index is 12.2. The molecule has 3 unspecified atom stereocenters. The van der Waals surface area contributed by atoms with E-state index in [-0.39, 0.29) is 17.9 Å². The monoisotopic (exact) mass is 277 g/mol. The van der Waals surface area contributed by atoms with Gasteiger partial charge in [0.05, 0.1) is 0 Å². The summed E-state index contributed by atoms with van der Waals surface area (Å²) in [6.07, 6.45) is 4.36. The van der Waals surface area contributed by atoms with Gasteiger partial charge in [0.1, 0.15) is 0 Å². The number of halogens is 1. The summed E-state index contributed by atoms with van der Waals surface area (Å²) in [4.78, 5) is 12.2. The summed E-state index contributed by atoms with van der Waals surface area (Å²) in [7, 11) is 0. The van der Waals surface area contributed by atoms with Gasteiger partial charge in [0.15, 0.2) is 0 Å². The molecule has 0 bridgehead atoms. The highest BCUT2D eigenvalue weighted by Gasteiger charge is 2.48. The van der Waals surface area contributed by atoms with E-state index in [0.29, 0.717) is 5.88 Å². The quantitative estimate of drug-likeness (QED) is 0.824. The summed E-state index contributed by atoms with van der Waals surface area (Å²) in [5.41, 5.74) is 1.22. The fourth-order valence-corrected chi connectivity index (χ4v) is 3.48. The van der Waals surface area contributed by atoms with E-state index < -0.39 is 0 Å². The molecule has 3 heteroatoms. The topological polar surface area (TPSA) is 29.1 Å². The Hall–Kier alpha value is -1.02. The van der Waals surface area contributed by atoms with Crippen molar-refractivity contribution in [1.82, 2.24) is 5.32 Å².